The molecular formula is C15H18BrN3S. The molecule has 0 spiro atoms. The molecule has 0 saturated carbocycles. The fraction of sp³-hybridized carbons (Fsp3) is 0.400. The molecule has 3 nitrogen and oxygen atoms in total. The van der Waals surface area contributed by atoms with Crippen LogP contribution < -0.4 is 5.73 Å². The highest BCUT2D eigenvalue weighted by Crippen LogP contribution is 2.28. The Morgan fingerprint density at radius 3 is 2.75 bits per heavy atom. The molecule has 2 N–H and O–H groups in total. The molecule has 0 aliphatic carbocycles. The number of likely N-dealkylation sites (tertiary alicyclic amines) is 1. The molecule has 2 atom stereocenters. The van der Waals surface area contributed by atoms with Gasteiger partial charge >= 0.3 is 0 Å². The summed E-state index contributed by atoms with van der Waals surface area (Å²) < 4.78 is 1.10. The number of halogens is 1. The van der Waals surface area contributed by atoms with Crippen LogP contribution in [-0.2, 0) is 6.54 Å². The van der Waals surface area contributed by atoms with Crippen molar-refractivity contribution in [2.75, 3.05) is 13.1 Å². The Kier molecular flexibility index (Phi) is 4.21. The summed E-state index contributed by atoms with van der Waals surface area (Å²) in [6.45, 7) is 5.27. The molecule has 1 saturated heterocycles. The van der Waals surface area contributed by atoms with E-state index in [0.717, 1.165) is 29.1 Å². The zero-order valence-electron chi connectivity index (χ0n) is 11.4. The average Bonchev–Trinajstić information content (AvgIpc) is 2.99. The first kappa shape index (κ1) is 14.2. The summed E-state index contributed by atoms with van der Waals surface area (Å²) in [5.41, 5.74) is 7.25. The van der Waals surface area contributed by atoms with Gasteiger partial charge in [0, 0.05) is 46.8 Å². The van der Waals surface area contributed by atoms with E-state index in [1.54, 1.807) is 11.3 Å². The highest BCUT2D eigenvalue weighted by atomic mass is 79.9. The molecule has 2 aromatic rings. The maximum absolute atomic E-state index is 6.07. The first-order chi connectivity index (χ1) is 9.61. The molecule has 1 aromatic heterocycles. The molecule has 2 heterocycles. The van der Waals surface area contributed by atoms with Gasteiger partial charge in [0.25, 0.3) is 0 Å². The van der Waals surface area contributed by atoms with Gasteiger partial charge in [-0.2, -0.15) is 0 Å². The molecule has 5 heteroatoms. The van der Waals surface area contributed by atoms with Crippen LogP contribution in [0.2, 0.25) is 0 Å². The third-order valence-corrected chi connectivity index (χ3v) is 5.33. The maximum atomic E-state index is 6.07. The van der Waals surface area contributed by atoms with E-state index in [1.165, 1.54) is 10.4 Å². The van der Waals surface area contributed by atoms with Gasteiger partial charge in [0.1, 0.15) is 5.01 Å². The molecule has 1 aliphatic heterocycles. The summed E-state index contributed by atoms with van der Waals surface area (Å²) in [4.78, 5) is 8.28. The van der Waals surface area contributed by atoms with Gasteiger partial charge in [0.15, 0.2) is 0 Å². The van der Waals surface area contributed by atoms with Crippen LogP contribution in [0.15, 0.2) is 34.9 Å². The molecule has 1 fully saturated rings. The number of nitrogens with two attached hydrogens (primary N) is 1. The van der Waals surface area contributed by atoms with Crippen molar-refractivity contribution in [3.05, 3.63) is 39.8 Å². The van der Waals surface area contributed by atoms with Crippen molar-refractivity contribution < 1.29 is 0 Å². The molecule has 3 rings (SSSR count). The van der Waals surface area contributed by atoms with E-state index in [4.69, 9.17) is 5.73 Å². The topological polar surface area (TPSA) is 42.2 Å². The lowest BCUT2D eigenvalue weighted by Crippen LogP contribution is -2.28. The molecule has 0 bridgehead atoms. The van der Waals surface area contributed by atoms with E-state index >= 15 is 0 Å². The van der Waals surface area contributed by atoms with Crippen molar-refractivity contribution in [2.45, 2.75) is 19.5 Å². The molecule has 0 amide bonds. The number of thiazole rings is 1. The number of aromatic nitrogens is 1. The zero-order chi connectivity index (χ0) is 14.1. The molecule has 0 radical (unpaired) electrons. The van der Waals surface area contributed by atoms with Crippen LogP contribution >= 0.6 is 27.3 Å². The van der Waals surface area contributed by atoms with Gasteiger partial charge < -0.3 is 5.73 Å². The lowest BCUT2D eigenvalue weighted by Gasteiger charge is -2.12. The maximum Gasteiger partial charge on any atom is 0.123 e. The summed E-state index contributed by atoms with van der Waals surface area (Å²) in [7, 11) is 0. The average molecular weight is 352 g/mol. The minimum Gasteiger partial charge on any atom is -0.326 e. The largest absolute Gasteiger partial charge is 0.326 e. The van der Waals surface area contributed by atoms with Crippen LogP contribution in [0, 0.1) is 5.92 Å². The van der Waals surface area contributed by atoms with Crippen LogP contribution in [0.3, 0.4) is 0 Å². The van der Waals surface area contributed by atoms with Gasteiger partial charge in [-0.3, -0.25) is 4.90 Å². The number of benzene rings is 1. The summed E-state index contributed by atoms with van der Waals surface area (Å²) in [5.74, 6) is 0.592. The molecule has 2 unspecified atom stereocenters. The van der Waals surface area contributed by atoms with Crippen LogP contribution in [0.25, 0.3) is 10.6 Å². The van der Waals surface area contributed by atoms with E-state index in [2.05, 4.69) is 57.0 Å². The lowest BCUT2D eigenvalue weighted by atomic mass is 10.1. The fourth-order valence-electron chi connectivity index (χ4n) is 2.55. The summed E-state index contributed by atoms with van der Waals surface area (Å²) in [5, 5.41) is 1.09. The Balaban J connectivity index is 1.69. The van der Waals surface area contributed by atoms with Gasteiger partial charge in [-0.25, -0.2) is 4.98 Å². The van der Waals surface area contributed by atoms with E-state index in [1.807, 2.05) is 6.20 Å². The van der Waals surface area contributed by atoms with Gasteiger partial charge in [0.05, 0.1) is 0 Å². The Morgan fingerprint density at radius 2 is 2.10 bits per heavy atom. The normalized spacial score (nSPS) is 23.4. The minimum absolute atomic E-state index is 0.314. The summed E-state index contributed by atoms with van der Waals surface area (Å²) in [6, 6.07) is 8.62. The Bertz CT molecular complexity index is 571. The predicted molar refractivity (Wildman–Crippen MR) is 87.7 cm³/mol. The smallest absolute Gasteiger partial charge is 0.123 e. The van der Waals surface area contributed by atoms with Crippen LogP contribution in [0.1, 0.15) is 11.8 Å². The zero-order valence-corrected chi connectivity index (χ0v) is 13.8. The standard InChI is InChI=1S/C15H18BrN3S/c1-10-7-19(9-14(10)17)8-13-6-18-15(20-13)11-2-4-12(16)5-3-11/h2-6,10,14H,7-9,17H2,1H3. The first-order valence-corrected chi connectivity index (χ1v) is 8.41. The first-order valence-electron chi connectivity index (χ1n) is 6.80. The van der Waals surface area contributed by atoms with Crippen molar-refractivity contribution in [3.8, 4) is 10.6 Å². The summed E-state index contributed by atoms with van der Waals surface area (Å²) in [6.07, 6.45) is 2.00. The summed E-state index contributed by atoms with van der Waals surface area (Å²) >= 11 is 5.23. The van der Waals surface area contributed by atoms with Crippen LogP contribution in [-0.4, -0.2) is 29.0 Å². The highest BCUT2D eigenvalue weighted by molar-refractivity contribution is 9.10. The minimum atomic E-state index is 0.314. The second kappa shape index (κ2) is 5.93. The third-order valence-electron chi connectivity index (χ3n) is 3.77. The highest BCUT2D eigenvalue weighted by Gasteiger charge is 2.26. The number of hydrogen-bond donors (Lipinski definition) is 1. The number of nitrogens with zero attached hydrogens (tertiary/aromatic N) is 2. The lowest BCUT2D eigenvalue weighted by molar-refractivity contribution is 0.321. The van der Waals surface area contributed by atoms with E-state index in [-0.39, 0.29) is 0 Å². The predicted octanol–water partition coefficient (Wildman–Crippen LogP) is 3.35. The van der Waals surface area contributed by atoms with E-state index in [0.29, 0.717) is 12.0 Å². The molecule has 106 valence electrons. The second-order valence-corrected chi connectivity index (χ2v) is 7.50. The number of hydrogen-bond acceptors (Lipinski definition) is 4. The fourth-order valence-corrected chi connectivity index (χ4v) is 3.78. The van der Waals surface area contributed by atoms with Gasteiger partial charge in [0.2, 0.25) is 0 Å². The quantitative estimate of drug-likeness (QED) is 0.921. The van der Waals surface area contributed by atoms with E-state index in [9.17, 15) is 0 Å². The Hall–Kier alpha value is -0.750. The van der Waals surface area contributed by atoms with Crippen molar-refractivity contribution in [1.29, 1.82) is 0 Å². The van der Waals surface area contributed by atoms with Gasteiger partial charge in [-0.15, -0.1) is 11.3 Å². The van der Waals surface area contributed by atoms with Gasteiger partial charge in [-0.1, -0.05) is 35.0 Å². The Labute approximate surface area is 131 Å². The molecule has 1 aliphatic rings. The van der Waals surface area contributed by atoms with Crippen LogP contribution in [0.5, 0.6) is 0 Å². The van der Waals surface area contributed by atoms with Crippen molar-refractivity contribution in [3.63, 3.8) is 0 Å². The second-order valence-electron chi connectivity index (χ2n) is 5.47. The monoisotopic (exact) mass is 351 g/mol. The van der Waals surface area contributed by atoms with Crippen molar-refractivity contribution >= 4 is 27.3 Å². The van der Waals surface area contributed by atoms with Gasteiger partial charge in [-0.05, 0) is 18.1 Å². The van der Waals surface area contributed by atoms with E-state index < -0.39 is 0 Å². The Morgan fingerprint density at radius 1 is 1.35 bits per heavy atom. The number of rotatable bonds is 3. The van der Waals surface area contributed by atoms with Crippen molar-refractivity contribution in [2.24, 2.45) is 11.7 Å². The van der Waals surface area contributed by atoms with Crippen LogP contribution in [0.4, 0.5) is 0 Å². The third kappa shape index (κ3) is 3.11. The molecular weight excluding hydrogens is 334 g/mol. The molecule has 20 heavy (non-hydrogen) atoms. The van der Waals surface area contributed by atoms with Crippen molar-refractivity contribution in [1.82, 2.24) is 9.88 Å². The SMILES string of the molecule is CC1CN(Cc2cnc(-c3ccc(Br)cc3)s2)CC1N. The molecule has 1 aromatic carbocycles.